The van der Waals surface area contributed by atoms with Crippen molar-refractivity contribution in [3.8, 4) is 11.1 Å². The van der Waals surface area contributed by atoms with Crippen molar-refractivity contribution in [2.75, 3.05) is 12.4 Å². The maximum absolute atomic E-state index is 13.2. The second kappa shape index (κ2) is 7.46. The van der Waals surface area contributed by atoms with Crippen LogP contribution in [0.3, 0.4) is 0 Å². The molecule has 0 atom stereocenters. The lowest BCUT2D eigenvalue weighted by Gasteiger charge is -2.14. The van der Waals surface area contributed by atoms with Crippen molar-refractivity contribution in [3.63, 3.8) is 0 Å². The number of aryl methyl sites for hydroxylation is 1. The van der Waals surface area contributed by atoms with Gasteiger partial charge in [-0.3, -0.25) is 4.68 Å². The first-order chi connectivity index (χ1) is 13.2. The Kier molecular flexibility index (Phi) is 5.23. The quantitative estimate of drug-likeness (QED) is 0.642. The maximum atomic E-state index is 13.2. The number of esters is 1. The first-order valence-corrected chi connectivity index (χ1v) is 8.99. The van der Waals surface area contributed by atoms with Gasteiger partial charge in [-0.2, -0.15) is 5.10 Å². The van der Waals surface area contributed by atoms with Crippen molar-refractivity contribution >= 4 is 17.5 Å². The number of benzene rings is 2. The minimum Gasteiger partial charge on any atom is -0.465 e. The van der Waals surface area contributed by atoms with Crippen LogP contribution in [0, 0.1) is 5.82 Å². The molecule has 2 aromatic carbocycles. The van der Waals surface area contributed by atoms with E-state index in [9.17, 15) is 9.18 Å². The number of hydrogen-bond acceptors (Lipinski definition) is 4. The third-order valence-corrected chi connectivity index (χ3v) is 4.51. The lowest BCUT2D eigenvalue weighted by Crippen LogP contribution is -2.12. The van der Waals surface area contributed by atoms with E-state index in [4.69, 9.17) is 4.74 Å². The van der Waals surface area contributed by atoms with Gasteiger partial charge in [0.05, 0.1) is 24.1 Å². The fourth-order valence-corrected chi connectivity index (χ4v) is 2.85. The lowest BCUT2D eigenvalue weighted by atomic mass is 9.92. The summed E-state index contributed by atoms with van der Waals surface area (Å²) >= 11 is 0. The number of rotatable bonds is 4. The van der Waals surface area contributed by atoms with Gasteiger partial charge in [-0.15, -0.1) is 0 Å². The Morgan fingerprint density at radius 2 is 1.71 bits per heavy atom. The molecule has 0 spiro atoms. The van der Waals surface area contributed by atoms with Crippen molar-refractivity contribution in [1.82, 2.24) is 9.78 Å². The Morgan fingerprint density at radius 3 is 2.29 bits per heavy atom. The second-order valence-electron chi connectivity index (χ2n) is 7.67. The standard InChI is InChI=1S/C22H24FN3O2/c1-22(2,3)19-13-20(26(4)25-19)24-18-12-15(8-11-17(18)21(27)28-5)14-6-9-16(23)10-7-14/h6-13,24H,1-5H3. The van der Waals surface area contributed by atoms with E-state index in [1.165, 1.54) is 19.2 Å². The molecule has 3 aromatic rings. The molecule has 0 bridgehead atoms. The molecule has 0 saturated carbocycles. The summed E-state index contributed by atoms with van der Waals surface area (Å²) in [7, 11) is 3.20. The molecular weight excluding hydrogens is 357 g/mol. The van der Waals surface area contributed by atoms with Crippen LogP contribution in [-0.4, -0.2) is 22.9 Å². The first kappa shape index (κ1) is 19.6. The average Bonchev–Trinajstić information content (AvgIpc) is 3.02. The van der Waals surface area contributed by atoms with Gasteiger partial charge in [-0.1, -0.05) is 39.0 Å². The number of halogens is 1. The number of anilines is 2. The third kappa shape index (κ3) is 4.06. The SMILES string of the molecule is COC(=O)c1ccc(-c2ccc(F)cc2)cc1Nc1cc(C(C)(C)C)nn1C. The molecule has 28 heavy (non-hydrogen) atoms. The van der Waals surface area contributed by atoms with Crippen LogP contribution in [0.5, 0.6) is 0 Å². The highest BCUT2D eigenvalue weighted by atomic mass is 19.1. The van der Waals surface area contributed by atoms with Gasteiger partial charge in [0.1, 0.15) is 11.6 Å². The van der Waals surface area contributed by atoms with Crippen molar-refractivity contribution in [2.24, 2.45) is 7.05 Å². The zero-order valence-corrected chi connectivity index (χ0v) is 16.7. The topological polar surface area (TPSA) is 56.1 Å². The van der Waals surface area contributed by atoms with E-state index in [1.807, 2.05) is 25.2 Å². The van der Waals surface area contributed by atoms with Crippen LogP contribution >= 0.6 is 0 Å². The molecule has 0 aliphatic heterocycles. The Hall–Kier alpha value is -3.15. The molecule has 146 valence electrons. The van der Waals surface area contributed by atoms with E-state index in [0.717, 1.165) is 22.6 Å². The number of carbonyl (C=O) groups excluding carboxylic acids is 1. The Morgan fingerprint density at radius 1 is 1.07 bits per heavy atom. The van der Waals surface area contributed by atoms with Crippen molar-refractivity contribution in [1.29, 1.82) is 0 Å². The number of ether oxygens (including phenoxy) is 1. The maximum Gasteiger partial charge on any atom is 0.339 e. The normalized spacial score (nSPS) is 11.4. The van der Waals surface area contributed by atoms with Gasteiger partial charge < -0.3 is 10.1 Å². The molecule has 0 aliphatic rings. The molecule has 6 heteroatoms. The van der Waals surface area contributed by atoms with E-state index in [-0.39, 0.29) is 11.2 Å². The van der Waals surface area contributed by atoms with Gasteiger partial charge in [0.2, 0.25) is 0 Å². The fourth-order valence-electron chi connectivity index (χ4n) is 2.85. The van der Waals surface area contributed by atoms with Crippen LogP contribution in [0.4, 0.5) is 15.9 Å². The molecule has 0 unspecified atom stereocenters. The second-order valence-corrected chi connectivity index (χ2v) is 7.67. The van der Waals surface area contributed by atoms with Gasteiger partial charge >= 0.3 is 5.97 Å². The Balaban J connectivity index is 2.04. The van der Waals surface area contributed by atoms with Crippen LogP contribution in [0.2, 0.25) is 0 Å². The summed E-state index contributed by atoms with van der Waals surface area (Å²) in [6.45, 7) is 6.27. The molecule has 0 amide bonds. The monoisotopic (exact) mass is 381 g/mol. The summed E-state index contributed by atoms with van der Waals surface area (Å²) in [6.07, 6.45) is 0. The number of nitrogens with one attached hydrogen (secondary N) is 1. The molecule has 0 saturated heterocycles. The highest BCUT2D eigenvalue weighted by molar-refractivity contribution is 5.97. The van der Waals surface area contributed by atoms with Crippen molar-refractivity contribution < 1.29 is 13.9 Å². The molecule has 1 aromatic heterocycles. The summed E-state index contributed by atoms with van der Waals surface area (Å²) in [4.78, 5) is 12.2. The third-order valence-electron chi connectivity index (χ3n) is 4.51. The summed E-state index contributed by atoms with van der Waals surface area (Å²) < 4.78 is 19.9. The van der Waals surface area contributed by atoms with E-state index in [0.29, 0.717) is 11.3 Å². The molecule has 1 N–H and O–H groups in total. The van der Waals surface area contributed by atoms with Crippen LogP contribution in [0.1, 0.15) is 36.8 Å². The molecule has 1 heterocycles. The van der Waals surface area contributed by atoms with Gasteiger partial charge in [0, 0.05) is 18.5 Å². The van der Waals surface area contributed by atoms with E-state index >= 15 is 0 Å². The van der Waals surface area contributed by atoms with Gasteiger partial charge in [-0.05, 0) is 35.4 Å². The Bertz CT molecular complexity index is 1000. The van der Waals surface area contributed by atoms with E-state index in [1.54, 1.807) is 22.9 Å². The zero-order valence-electron chi connectivity index (χ0n) is 16.7. The highest BCUT2D eigenvalue weighted by Crippen LogP contribution is 2.30. The predicted octanol–water partition coefficient (Wildman–Crippen LogP) is 5.05. The van der Waals surface area contributed by atoms with Gasteiger partial charge in [0.25, 0.3) is 0 Å². The van der Waals surface area contributed by atoms with Crippen molar-refractivity contribution in [3.05, 3.63) is 65.6 Å². The zero-order chi connectivity index (χ0) is 20.5. The molecular formula is C22H24FN3O2. The number of carbonyl (C=O) groups is 1. The van der Waals surface area contributed by atoms with Crippen molar-refractivity contribution in [2.45, 2.75) is 26.2 Å². The lowest BCUT2D eigenvalue weighted by molar-refractivity contribution is 0.0602. The van der Waals surface area contributed by atoms with E-state index in [2.05, 4.69) is 31.2 Å². The minimum absolute atomic E-state index is 0.0984. The smallest absolute Gasteiger partial charge is 0.339 e. The van der Waals surface area contributed by atoms with Gasteiger partial charge in [-0.25, -0.2) is 9.18 Å². The summed E-state index contributed by atoms with van der Waals surface area (Å²) in [5, 5.41) is 7.85. The molecule has 5 nitrogen and oxygen atoms in total. The number of methoxy groups -OCH3 is 1. The van der Waals surface area contributed by atoms with Crippen LogP contribution in [-0.2, 0) is 17.2 Å². The molecule has 0 radical (unpaired) electrons. The van der Waals surface area contributed by atoms with E-state index < -0.39 is 5.97 Å². The number of nitrogens with zero attached hydrogens (tertiary/aromatic N) is 2. The minimum atomic E-state index is -0.439. The van der Waals surface area contributed by atoms with Crippen LogP contribution < -0.4 is 5.32 Å². The summed E-state index contributed by atoms with van der Waals surface area (Å²) in [6, 6.07) is 13.6. The summed E-state index contributed by atoms with van der Waals surface area (Å²) in [5.74, 6) is 0.0237. The fraction of sp³-hybridized carbons (Fsp3) is 0.273. The average molecular weight is 381 g/mol. The van der Waals surface area contributed by atoms with Crippen LogP contribution in [0.15, 0.2) is 48.5 Å². The predicted molar refractivity (Wildman–Crippen MR) is 108 cm³/mol. The summed E-state index contributed by atoms with van der Waals surface area (Å²) in [5.41, 5.74) is 3.55. The number of hydrogen-bond donors (Lipinski definition) is 1. The Labute approximate surface area is 164 Å². The molecule has 0 aliphatic carbocycles. The first-order valence-electron chi connectivity index (χ1n) is 8.99. The van der Waals surface area contributed by atoms with Crippen LogP contribution in [0.25, 0.3) is 11.1 Å². The number of aromatic nitrogens is 2. The molecule has 0 fully saturated rings. The highest BCUT2D eigenvalue weighted by Gasteiger charge is 2.20. The van der Waals surface area contributed by atoms with Gasteiger partial charge in [0.15, 0.2) is 0 Å². The molecule has 3 rings (SSSR count). The largest absolute Gasteiger partial charge is 0.465 e.